The maximum absolute atomic E-state index is 11.8. The molecule has 1 fully saturated rings. The number of nitrogen functional groups attached to an aromatic ring is 1. The molecule has 0 bridgehead atoms. The highest BCUT2D eigenvalue weighted by Gasteiger charge is 2.32. The van der Waals surface area contributed by atoms with Crippen LogP contribution >= 0.6 is 0 Å². The highest BCUT2D eigenvalue weighted by atomic mass is 32.2. The molecule has 0 aromatic carbocycles. The maximum atomic E-state index is 11.8. The van der Waals surface area contributed by atoms with Gasteiger partial charge >= 0.3 is 0 Å². The van der Waals surface area contributed by atoms with Gasteiger partial charge in [-0.1, -0.05) is 0 Å². The summed E-state index contributed by atoms with van der Waals surface area (Å²) in [6.45, 7) is 1.87. The van der Waals surface area contributed by atoms with E-state index < -0.39 is 10.0 Å². The fourth-order valence-electron chi connectivity index (χ4n) is 1.50. The van der Waals surface area contributed by atoms with Crippen molar-refractivity contribution in [3.63, 3.8) is 0 Å². The van der Waals surface area contributed by atoms with Crippen LogP contribution in [0.2, 0.25) is 0 Å². The average Bonchev–Trinajstić information content (AvgIpc) is 2.88. The van der Waals surface area contributed by atoms with Crippen LogP contribution in [-0.4, -0.2) is 24.7 Å². The van der Waals surface area contributed by atoms with Crippen molar-refractivity contribution >= 4 is 15.8 Å². The average molecular weight is 230 g/mol. The standard InChI is InChI=1S/C8H14N4O2S/c1-5(6-2-3-6)12-15(13,14)7-4-10-11-8(7)9/h4-6,12H,2-3H2,1H3,(H3,9,10,11). The molecule has 1 aliphatic rings. The molecule has 4 N–H and O–H groups in total. The molecule has 2 rings (SSSR count). The zero-order valence-corrected chi connectivity index (χ0v) is 9.21. The van der Waals surface area contributed by atoms with Crippen molar-refractivity contribution in [1.82, 2.24) is 14.9 Å². The third kappa shape index (κ3) is 2.13. The molecule has 1 heterocycles. The first kappa shape index (κ1) is 10.4. The van der Waals surface area contributed by atoms with Crippen molar-refractivity contribution in [1.29, 1.82) is 0 Å². The Morgan fingerprint density at radius 1 is 1.67 bits per heavy atom. The van der Waals surface area contributed by atoms with Crippen LogP contribution in [0.5, 0.6) is 0 Å². The second-order valence-corrected chi connectivity index (χ2v) is 5.58. The Balaban J connectivity index is 2.16. The van der Waals surface area contributed by atoms with E-state index in [-0.39, 0.29) is 16.8 Å². The molecule has 0 spiro atoms. The van der Waals surface area contributed by atoms with Gasteiger partial charge in [-0.3, -0.25) is 5.10 Å². The van der Waals surface area contributed by atoms with E-state index in [1.54, 1.807) is 0 Å². The smallest absolute Gasteiger partial charge is 0.246 e. The number of aromatic amines is 1. The van der Waals surface area contributed by atoms with Crippen LogP contribution in [0.4, 0.5) is 5.82 Å². The Hall–Kier alpha value is -1.08. The van der Waals surface area contributed by atoms with E-state index in [0.29, 0.717) is 5.92 Å². The van der Waals surface area contributed by atoms with Gasteiger partial charge in [0.05, 0.1) is 6.20 Å². The van der Waals surface area contributed by atoms with Crippen LogP contribution in [0.1, 0.15) is 19.8 Å². The number of anilines is 1. The third-order valence-electron chi connectivity index (χ3n) is 2.59. The fraction of sp³-hybridized carbons (Fsp3) is 0.625. The lowest BCUT2D eigenvalue weighted by atomic mass is 10.2. The van der Waals surface area contributed by atoms with Gasteiger partial charge in [0.25, 0.3) is 0 Å². The van der Waals surface area contributed by atoms with Gasteiger partial charge in [-0.05, 0) is 25.7 Å². The molecule has 1 aliphatic carbocycles. The monoisotopic (exact) mass is 230 g/mol. The summed E-state index contributed by atoms with van der Waals surface area (Å²) < 4.78 is 26.2. The van der Waals surface area contributed by atoms with Gasteiger partial charge in [0.1, 0.15) is 10.7 Å². The summed E-state index contributed by atoms with van der Waals surface area (Å²) in [7, 11) is -3.52. The van der Waals surface area contributed by atoms with Crippen LogP contribution in [0.15, 0.2) is 11.1 Å². The zero-order chi connectivity index (χ0) is 11.1. The number of H-pyrrole nitrogens is 1. The summed E-state index contributed by atoms with van der Waals surface area (Å²) >= 11 is 0. The zero-order valence-electron chi connectivity index (χ0n) is 8.40. The minimum absolute atomic E-state index is 0.0231. The fourth-order valence-corrected chi connectivity index (χ4v) is 2.84. The van der Waals surface area contributed by atoms with Gasteiger partial charge < -0.3 is 5.73 Å². The molecule has 0 saturated heterocycles. The molecule has 6 nitrogen and oxygen atoms in total. The SMILES string of the molecule is CC(NS(=O)(=O)c1cn[nH]c1N)C1CC1. The summed E-state index contributed by atoms with van der Waals surface area (Å²) in [6.07, 6.45) is 3.40. The minimum atomic E-state index is -3.52. The van der Waals surface area contributed by atoms with Gasteiger partial charge in [-0.2, -0.15) is 5.10 Å². The second-order valence-electron chi connectivity index (χ2n) is 3.90. The van der Waals surface area contributed by atoms with E-state index in [1.165, 1.54) is 6.20 Å². The molecular weight excluding hydrogens is 216 g/mol. The Kier molecular flexibility index (Phi) is 2.43. The van der Waals surface area contributed by atoms with Crippen molar-refractivity contribution < 1.29 is 8.42 Å². The number of rotatable bonds is 4. The van der Waals surface area contributed by atoms with Gasteiger partial charge in [0.15, 0.2) is 0 Å². The molecule has 0 radical (unpaired) electrons. The van der Waals surface area contributed by atoms with Crippen molar-refractivity contribution in [3.8, 4) is 0 Å². The van der Waals surface area contributed by atoms with Crippen LogP contribution in [0, 0.1) is 5.92 Å². The van der Waals surface area contributed by atoms with Gasteiger partial charge in [0.2, 0.25) is 10.0 Å². The number of sulfonamides is 1. The highest BCUT2D eigenvalue weighted by molar-refractivity contribution is 7.89. The Morgan fingerprint density at radius 2 is 2.33 bits per heavy atom. The lowest BCUT2D eigenvalue weighted by Crippen LogP contribution is -2.34. The van der Waals surface area contributed by atoms with Crippen molar-refractivity contribution in [3.05, 3.63) is 6.20 Å². The quantitative estimate of drug-likeness (QED) is 0.681. The number of aromatic nitrogens is 2. The predicted octanol–water partition coefficient (Wildman–Crippen LogP) is 0.0687. The minimum Gasteiger partial charge on any atom is -0.383 e. The molecule has 1 unspecified atom stereocenters. The molecule has 1 saturated carbocycles. The molecule has 1 aromatic rings. The first-order chi connectivity index (χ1) is 7.00. The normalized spacial score (nSPS) is 19.0. The van der Waals surface area contributed by atoms with Crippen LogP contribution in [0.3, 0.4) is 0 Å². The molecule has 15 heavy (non-hydrogen) atoms. The van der Waals surface area contributed by atoms with Crippen molar-refractivity contribution in [2.45, 2.75) is 30.7 Å². The number of hydrogen-bond acceptors (Lipinski definition) is 4. The molecule has 0 amide bonds. The molecule has 84 valence electrons. The van der Waals surface area contributed by atoms with E-state index in [0.717, 1.165) is 12.8 Å². The topological polar surface area (TPSA) is 101 Å². The van der Waals surface area contributed by atoms with Gasteiger partial charge in [0, 0.05) is 6.04 Å². The Labute approximate surface area is 88.3 Å². The molecule has 7 heteroatoms. The molecular formula is C8H14N4O2S. The summed E-state index contributed by atoms with van der Waals surface area (Å²) in [5.74, 6) is 0.540. The van der Waals surface area contributed by atoms with Crippen LogP contribution in [0.25, 0.3) is 0 Å². The first-order valence-corrected chi connectivity index (χ1v) is 6.30. The first-order valence-electron chi connectivity index (χ1n) is 4.82. The van der Waals surface area contributed by atoms with E-state index in [4.69, 9.17) is 5.73 Å². The van der Waals surface area contributed by atoms with Crippen LogP contribution in [-0.2, 0) is 10.0 Å². The third-order valence-corrected chi connectivity index (χ3v) is 4.18. The van der Waals surface area contributed by atoms with Gasteiger partial charge in [-0.25, -0.2) is 13.1 Å². The van der Waals surface area contributed by atoms with E-state index in [2.05, 4.69) is 14.9 Å². The second kappa shape index (κ2) is 3.49. The van der Waals surface area contributed by atoms with Crippen molar-refractivity contribution in [2.24, 2.45) is 5.92 Å². The summed E-state index contributed by atoms with van der Waals surface area (Å²) in [5.41, 5.74) is 5.46. The van der Waals surface area contributed by atoms with Gasteiger partial charge in [-0.15, -0.1) is 0 Å². The maximum Gasteiger partial charge on any atom is 0.246 e. The van der Waals surface area contributed by atoms with E-state index in [9.17, 15) is 8.42 Å². The van der Waals surface area contributed by atoms with E-state index >= 15 is 0 Å². The number of hydrogen-bond donors (Lipinski definition) is 3. The lowest BCUT2D eigenvalue weighted by molar-refractivity contribution is 0.538. The Bertz CT molecular complexity index is 449. The van der Waals surface area contributed by atoms with Crippen LogP contribution < -0.4 is 10.5 Å². The molecule has 0 aliphatic heterocycles. The van der Waals surface area contributed by atoms with Crippen molar-refractivity contribution in [2.75, 3.05) is 5.73 Å². The number of nitrogens with two attached hydrogens (primary N) is 1. The largest absolute Gasteiger partial charge is 0.383 e. The lowest BCUT2D eigenvalue weighted by Gasteiger charge is -2.12. The molecule has 1 aromatic heterocycles. The van der Waals surface area contributed by atoms with E-state index in [1.807, 2.05) is 6.92 Å². The summed E-state index contributed by atoms with van der Waals surface area (Å²) in [6, 6.07) is -0.0377. The highest BCUT2D eigenvalue weighted by Crippen LogP contribution is 2.33. The number of nitrogens with one attached hydrogen (secondary N) is 2. The Morgan fingerprint density at radius 3 is 2.80 bits per heavy atom. The molecule has 1 atom stereocenters. The summed E-state index contributed by atoms with van der Waals surface area (Å²) in [4.78, 5) is 0.0231. The summed E-state index contributed by atoms with van der Waals surface area (Å²) in [5, 5.41) is 5.99. The predicted molar refractivity (Wildman–Crippen MR) is 55.5 cm³/mol. The number of nitrogens with zero attached hydrogens (tertiary/aromatic N) is 1.